The average molecular weight is 353 g/mol. The molecular weight excluding hydrogens is 326 g/mol. The predicted octanol–water partition coefficient (Wildman–Crippen LogP) is 2.51. The number of aromatic nitrogens is 1. The minimum Gasteiger partial charge on any atom is -0.468 e. The highest BCUT2D eigenvalue weighted by Crippen LogP contribution is 2.45. The lowest BCUT2D eigenvalue weighted by molar-refractivity contribution is -0.161. The summed E-state index contributed by atoms with van der Waals surface area (Å²) in [4.78, 5) is 39.7. The molecule has 7 nitrogen and oxygen atoms in total. The Kier molecular flexibility index (Phi) is 6.40. The molecule has 7 heteroatoms. The van der Waals surface area contributed by atoms with E-state index in [0.29, 0.717) is 22.5 Å². The molecule has 0 aliphatic rings. The highest BCUT2D eigenvalue weighted by Gasteiger charge is 2.46. The maximum atomic E-state index is 12.4. The maximum Gasteiger partial charge on any atom is 0.354 e. The Bertz CT molecular complexity index is 652. The molecule has 25 heavy (non-hydrogen) atoms. The zero-order valence-corrected chi connectivity index (χ0v) is 16.1. The van der Waals surface area contributed by atoms with Crippen LogP contribution < -0.4 is 0 Å². The van der Waals surface area contributed by atoms with Gasteiger partial charge in [-0.2, -0.15) is 0 Å². The van der Waals surface area contributed by atoms with Gasteiger partial charge in [0.05, 0.1) is 21.3 Å². The Morgan fingerprint density at radius 1 is 0.920 bits per heavy atom. The standard InChI is InChI=1S/C18H27NO6/c1-9-11(10(2)19-14(9)17(22)25-8)13(18(3,4)5)12(15(20)23-6)16(21)24-7/h12-13,19H,1-8H3/t13-/m1/s1. The average Bonchev–Trinajstić information content (AvgIpc) is 2.84. The van der Waals surface area contributed by atoms with Gasteiger partial charge in [-0.15, -0.1) is 0 Å². The third kappa shape index (κ3) is 4.03. The second-order valence-corrected chi connectivity index (χ2v) is 7.02. The van der Waals surface area contributed by atoms with Crippen LogP contribution >= 0.6 is 0 Å². The lowest BCUT2D eigenvalue weighted by Gasteiger charge is -2.35. The van der Waals surface area contributed by atoms with Crippen LogP contribution in [0.3, 0.4) is 0 Å². The maximum absolute atomic E-state index is 12.4. The molecule has 0 unspecified atom stereocenters. The molecule has 0 aromatic carbocycles. The first-order valence-corrected chi connectivity index (χ1v) is 7.94. The SMILES string of the molecule is COC(=O)c1[nH]c(C)c([C@H](C(C(=O)OC)C(=O)OC)C(C)(C)C)c1C. The number of methoxy groups -OCH3 is 3. The normalized spacial score (nSPS) is 12.7. The molecular formula is C18H27NO6. The van der Waals surface area contributed by atoms with Crippen LogP contribution in [0.25, 0.3) is 0 Å². The van der Waals surface area contributed by atoms with Gasteiger partial charge in [0.2, 0.25) is 0 Å². The topological polar surface area (TPSA) is 94.7 Å². The van der Waals surface area contributed by atoms with Crippen LogP contribution in [-0.4, -0.2) is 44.2 Å². The number of H-pyrrole nitrogens is 1. The summed E-state index contributed by atoms with van der Waals surface area (Å²) in [6, 6.07) is 0. The van der Waals surface area contributed by atoms with E-state index in [1.165, 1.54) is 21.3 Å². The second-order valence-electron chi connectivity index (χ2n) is 7.02. The number of esters is 3. The molecule has 1 rings (SSSR count). The van der Waals surface area contributed by atoms with Gasteiger partial charge in [0, 0.05) is 11.6 Å². The summed E-state index contributed by atoms with van der Waals surface area (Å²) in [5.74, 6) is -3.55. The predicted molar refractivity (Wildman–Crippen MR) is 91.3 cm³/mol. The molecule has 0 amide bonds. The molecule has 1 aromatic heterocycles. The summed E-state index contributed by atoms with van der Waals surface area (Å²) in [6.07, 6.45) is 0. The number of nitrogens with one attached hydrogen (secondary N) is 1. The number of rotatable bonds is 5. The first-order valence-electron chi connectivity index (χ1n) is 7.94. The fourth-order valence-electron chi connectivity index (χ4n) is 3.26. The minimum atomic E-state index is -1.14. The third-order valence-electron chi connectivity index (χ3n) is 4.37. The van der Waals surface area contributed by atoms with Crippen LogP contribution in [0.5, 0.6) is 0 Å². The number of hydrogen-bond donors (Lipinski definition) is 1. The van der Waals surface area contributed by atoms with Crippen molar-refractivity contribution >= 4 is 17.9 Å². The van der Waals surface area contributed by atoms with E-state index in [1.54, 1.807) is 13.8 Å². The number of ether oxygens (including phenoxy) is 3. The van der Waals surface area contributed by atoms with Gasteiger partial charge < -0.3 is 19.2 Å². The zero-order valence-electron chi connectivity index (χ0n) is 16.1. The van der Waals surface area contributed by atoms with E-state index in [0.717, 1.165) is 0 Å². The van der Waals surface area contributed by atoms with Gasteiger partial charge in [0.15, 0.2) is 5.92 Å². The Morgan fingerprint density at radius 3 is 1.76 bits per heavy atom. The van der Waals surface area contributed by atoms with Crippen molar-refractivity contribution in [3.63, 3.8) is 0 Å². The van der Waals surface area contributed by atoms with E-state index in [4.69, 9.17) is 14.2 Å². The van der Waals surface area contributed by atoms with E-state index < -0.39 is 35.2 Å². The Balaban J connectivity index is 3.67. The Morgan fingerprint density at radius 2 is 1.40 bits per heavy atom. The molecule has 0 aliphatic carbocycles. The smallest absolute Gasteiger partial charge is 0.354 e. The monoisotopic (exact) mass is 353 g/mol. The Labute approximate surface area is 148 Å². The zero-order chi connectivity index (χ0) is 19.5. The second kappa shape index (κ2) is 7.72. The van der Waals surface area contributed by atoms with E-state index in [-0.39, 0.29) is 0 Å². The van der Waals surface area contributed by atoms with Crippen LogP contribution in [-0.2, 0) is 23.8 Å². The summed E-state index contributed by atoms with van der Waals surface area (Å²) in [6.45, 7) is 9.30. The number of carbonyl (C=O) groups is 3. The van der Waals surface area contributed by atoms with Crippen LogP contribution in [0, 0.1) is 25.2 Å². The highest BCUT2D eigenvalue weighted by molar-refractivity contribution is 5.96. The van der Waals surface area contributed by atoms with E-state index in [1.807, 2.05) is 20.8 Å². The third-order valence-corrected chi connectivity index (χ3v) is 4.37. The molecule has 0 radical (unpaired) electrons. The van der Waals surface area contributed by atoms with Gasteiger partial charge in [0.25, 0.3) is 0 Å². The van der Waals surface area contributed by atoms with Gasteiger partial charge in [-0.1, -0.05) is 20.8 Å². The summed E-state index contributed by atoms with van der Waals surface area (Å²) in [5.41, 5.74) is 1.86. The summed E-state index contributed by atoms with van der Waals surface area (Å²) >= 11 is 0. The van der Waals surface area contributed by atoms with Crippen molar-refractivity contribution in [3.8, 4) is 0 Å². The molecule has 0 fully saturated rings. The summed E-state index contributed by atoms with van der Waals surface area (Å²) in [7, 11) is 3.76. The van der Waals surface area contributed by atoms with Gasteiger partial charge in [-0.05, 0) is 30.4 Å². The molecule has 0 saturated carbocycles. The quantitative estimate of drug-likeness (QED) is 0.496. The molecule has 140 valence electrons. The number of aromatic amines is 1. The van der Waals surface area contributed by atoms with Crippen molar-refractivity contribution in [2.24, 2.45) is 11.3 Å². The number of aryl methyl sites for hydroxylation is 1. The van der Waals surface area contributed by atoms with Gasteiger partial charge >= 0.3 is 17.9 Å². The Hall–Kier alpha value is -2.31. The fourth-order valence-corrected chi connectivity index (χ4v) is 3.26. The van der Waals surface area contributed by atoms with Crippen molar-refractivity contribution in [1.29, 1.82) is 0 Å². The molecule has 1 aromatic rings. The van der Waals surface area contributed by atoms with Gasteiger partial charge in [-0.25, -0.2) is 4.79 Å². The molecule has 0 bridgehead atoms. The van der Waals surface area contributed by atoms with Crippen molar-refractivity contribution in [2.45, 2.75) is 40.5 Å². The first-order chi connectivity index (χ1) is 11.5. The fraction of sp³-hybridized carbons (Fsp3) is 0.611. The van der Waals surface area contributed by atoms with Crippen LogP contribution in [0.4, 0.5) is 0 Å². The van der Waals surface area contributed by atoms with E-state index in [9.17, 15) is 14.4 Å². The summed E-state index contributed by atoms with van der Waals surface area (Å²) in [5, 5.41) is 0. The van der Waals surface area contributed by atoms with Crippen molar-refractivity contribution < 1.29 is 28.6 Å². The highest BCUT2D eigenvalue weighted by atomic mass is 16.5. The van der Waals surface area contributed by atoms with Crippen molar-refractivity contribution in [3.05, 3.63) is 22.5 Å². The molecule has 0 saturated heterocycles. The molecule has 1 N–H and O–H groups in total. The largest absolute Gasteiger partial charge is 0.468 e. The van der Waals surface area contributed by atoms with Crippen molar-refractivity contribution in [1.82, 2.24) is 4.98 Å². The van der Waals surface area contributed by atoms with E-state index in [2.05, 4.69) is 4.98 Å². The summed E-state index contributed by atoms with van der Waals surface area (Å²) < 4.78 is 14.5. The lowest BCUT2D eigenvalue weighted by Crippen LogP contribution is -2.38. The first kappa shape index (κ1) is 20.7. The van der Waals surface area contributed by atoms with Crippen LogP contribution in [0.2, 0.25) is 0 Å². The van der Waals surface area contributed by atoms with Crippen LogP contribution in [0.1, 0.15) is 54.0 Å². The lowest BCUT2D eigenvalue weighted by atomic mass is 9.68. The van der Waals surface area contributed by atoms with Crippen molar-refractivity contribution in [2.75, 3.05) is 21.3 Å². The number of carbonyl (C=O) groups excluding carboxylic acids is 3. The van der Waals surface area contributed by atoms with Gasteiger partial charge in [0.1, 0.15) is 5.69 Å². The number of hydrogen-bond acceptors (Lipinski definition) is 6. The molecule has 1 atom stereocenters. The minimum absolute atomic E-state index is 0.303. The van der Waals surface area contributed by atoms with E-state index >= 15 is 0 Å². The molecule has 0 spiro atoms. The van der Waals surface area contributed by atoms with Crippen LogP contribution in [0.15, 0.2) is 0 Å². The molecule has 1 heterocycles. The molecule has 0 aliphatic heterocycles. The van der Waals surface area contributed by atoms with Gasteiger partial charge in [-0.3, -0.25) is 9.59 Å².